The van der Waals surface area contributed by atoms with Gasteiger partial charge in [-0.25, -0.2) is 9.97 Å². The van der Waals surface area contributed by atoms with Crippen molar-refractivity contribution >= 4 is 16.6 Å². The second kappa shape index (κ2) is 5.25. The molecule has 0 aliphatic heterocycles. The Morgan fingerprint density at radius 1 is 1.10 bits per heavy atom. The number of nitrogens with one attached hydrogen (secondary N) is 1. The van der Waals surface area contributed by atoms with Gasteiger partial charge in [0.1, 0.15) is 11.5 Å². The Hall–Kier alpha value is -2.49. The van der Waals surface area contributed by atoms with Gasteiger partial charge in [0.05, 0.1) is 0 Å². The predicted octanol–water partition coefficient (Wildman–Crippen LogP) is 3.30. The van der Waals surface area contributed by atoms with E-state index in [0.29, 0.717) is 5.82 Å². The second-order valence-corrected chi connectivity index (χ2v) is 4.55. The van der Waals surface area contributed by atoms with E-state index in [9.17, 15) is 0 Å². The van der Waals surface area contributed by atoms with Gasteiger partial charge in [0.25, 0.3) is 0 Å². The average Bonchev–Trinajstić information content (AvgIpc) is 2.53. The van der Waals surface area contributed by atoms with Crippen LogP contribution in [-0.2, 0) is 6.42 Å². The van der Waals surface area contributed by atoms with E-state index in [0.717, 1.165) is 34.4 Å². The first-order valence-electron chi connectivity index (χ1n) is 6.71. The van der Waals surface area contributed by atoms with Crippen LogP contribution in [0.5, 0.6) is 0 Å². The summed E-state index contributed by atoms with van der Waals surface area (Å²) in [5, 5.41) is 5.30. The summed E-state index contributed by atoms with van der Waals surface area (Å²) in [5.41, 5.74) is 1.84. The lowest BCUT2D eigenvalue weighted by Crippen LogP contribution is -2.01. The summed E-state index contributed by atoms with van der Waals surface area (Å²) in [5.74, 6) is 1.49. The Balaban J connectivity index is 2.25. The van der Waals surface area contributed by atoms with Gasteiger partial charge in [0.15, 0.2) is 5.82 Å². The molecule has 0 atom stereocenters. The summed E-state index contributed by atoms with van der Waals surface area (Å²) in [6.45, 7) is 2.09. The van der Waals surface area contributed by atoms with Crippen LogP contribution < -0.4 is 5.32 Å². The molecule has 100 valence electrons. The maximum atomic E-state index is 4.61. The SMILES string of the molecule is CCc1cc(NC)nc(-c2nccc3ccccc23)n1. The molecule has 0 fully saturated rings. The summed E-state index contributed by atoms with van der Waals surface area (Å²) < 4.78 is 0. The van der Waals surface area contributed by atoms with E-state index in [1.807, 2.05) is 31.3 Å². The molecule has 3 aromatic rings. The maximum Gasteiger partial charge on any atom is 0.181 e. The van der Waals surface area contributed by atoms with Crippen molar-refractivity contribution in [1.82, 2.24) is 15.0 Å². The molecular weight excluding hydrogens is 248 g/mol. The van der Waals surface area contributed by atoms with Crippen molar-refractivity contribution in [3.05, 3.63) is 48.3 Å². The van der Waals surface area contributed by atoms with E-state index in [4.69, 9.17) is 0 Å². The third-order valence-electron chi connectivity index (χ3n) is 3.28. The van der Waals surface area contributed by atoms with Gasteiger partial charge in [0.2, 0.25) is 0 Å². The van der Waals surface area contributed by atoms with Gasteiger partial charge in [-0.05, 0) is 17.9 Å². The molecule has 2 aromatic heterocycles. The molecule has 4 heteroatoms. The highest BCUT2D eigenvalue weighted by Gasteiger charge is 2.10. The molecule has 0 unspecified atom stereocenters. The van der Waals surface area contributed by atoms with E-state index in [1.165, 1.54) is 0 Å². The van der Waals surface area contributed by atoms with E-state index >= 15 is 0 Å². The third kappa shape index (κ3) is 2.20. The molecule has 0 amide bonds. The van der Waals surface area contributed by atoms with Crippen molar-refractivity contribution in [1.29, 1.82) is 0 Å². The molecule has 4 nitrogen and oxygen atoms in total. The number of aromatic nitrogens is 3. The lowest BCUT2D eigenvalue weighted by Gasteiger charge is -2.08. The summed E-state index contributed by atoms with van der Waals surface area (Å²) >= 11 is 0. The summed E-state index contributed by atoms with van der Waals surface area (Å²) in [4.78, 5) is 13.6. The van der Waals surface area contributed by atoms with E-state index in [-0.39, 0.29) is 0 Å². The minimum atomic E-state index is 0.672. The molecule has 0 radical (unpaired) electrons. The standard InChI is InChI=1S/C16H16N4/c1-3-12-10-14(17-2)20-16(19-12)15-13-7-5-4-6-11(13)8-9-18-15/h4-10H,3H2,1-2H3,(H,17,19,20). The summed E-state index contributed by atoms with van der Waals surface area (Å²) in [7, 11) is 1.86. The second-order valence-electron chi connectivity index (χ2n) is 4.55. The van der Waals surface area contributed by atoms with Gasteiger partial charge in [-0.15, -0.1) is 0 Å². The molecule has 2 heterocycles. The van der Waals surface area contributed by atoms with Crippen molar-refractivity contribution in [2.45, 2.75) is 13.3 Å². The van der Waals surface area contributed by atoms with Crippen molar-refractivity contribution < 1.29 is 0 Å². The number of nitrogens with zero attached hydrogens (tertiary/aromatic N) is 3. The Kier molecular flexibility index (Phi) is 3.29. The zero-order valence-corrected chi connectivity index (χ0v) is 11.6. The predicted molar refractivity (Wildman–Crippen MR) is 81.7 cm³/mol. The Morgan fingerprint density at radius 2 is 1.95 bits per heavy atom. The highest BCUT2D eigenvalue weighted by Crippen LogP contribution is 2.24. The monoisotopic (exact) mass is 264 g/mol. The normalized spacial score (nSPS) is 10.7. The average molecular weight is 264 g/mol. The molecule has 0 aliphatic rings. The van der Waals surface area contributed by atoms with Gasteiger partial charge in [-0.3, -0.25) is 4.98 Å². The van der Waals surface area contributed by atoms with Crippen LogP contribution in [-0.4, -0.2) is 22.0 Å². The first-order chi connectivity index (χ1) is 9.81. The van der Waals surface area contributed by atoms with E-state index < -0.39 is 0 Å². The zero-order valence-electron chi connectivity index (χ0n) is 11.6. The van der Waals surface area contributed by atoms with Crippen LogP contribution in [0.2, 0.25) is 0 Å². The number of rotatable bonds is 3. The fourth-order valence-corrected chi connectivity index (χ4v) is 2.21. The quantitative estimate of drug-likeness (QED) is 0.788. The van der Waals surface area contributed by atoms with Crippen molar-refractivity contribution in [3.63, 3.8) is 0 Å². The van der Waals surface area contributed by atoms with Gasteiger partial charge >= 0.3 is 0 Å². The highest BCUT2D eigenvalue weighted by atomic mass is 15.0. The van der Waals surface area contributed by atoms with Crippen LogP contribution in [0, 0.1) is 0 Å². The molecule has 1 N–H and O–H groups in total. The number of benzene rings is 1. The Morgan fingerprint density at radius 3 is 2.75 bits per heavy atom. The molecule has 0 bridgehead atoms. The minimum absolute atomic E-state index is 0.672. The molecule has 3 rings (SSSR count). The van der Waals surface area contributed by atoms with Gasteiger partial charge in [-0.1, -0.05) is 31.2 Å². The Bertz CT molecular complexity index is 725. The summed E-state index contributed by atoms with van der Waals surface area (Å²) in [6, 6.07) is 12.1. The fraction of sp³-hybridized carbons (Fsp3) is 0.188. The van der Waals surface area contributed by atoms with Crippen LogP contribution >= 0.6 is 0 Å². The number of hydrogen-bond acceptors (Lipinski definition) is 4. The molecule has 0 spiro atoms. The minimum Gasteiger partial charge on any atom is -0.373 e. The number of anilines is 1. The lowest BCUT2D eigenvalue weighted by atomic mass is 10.1. The first kappa shape index (κ1) is 12.5. The van der Waals surface area contributed by atoms with E-state index in [1.54, 1.807) is 6.20 Å². The van der Waals surface area contributed by atoms with Gasteiger partial charge in [-0.2, -0.15) is 0 Å². The Labute approximate surface area is 117 Å². The van der Waals surface area contributed by atoms with Gasteiger partial charge in [0, 0.05) is 30.4 Å². The summed E-state index contributed by atoms with van der Waals surface area (Å²) in [6.07, 6.45) is 2.67. The molecule has 20 heavy (non-hydrogen) atoms. The van der Waals surface area contributed by atoms with Crippen LogP contribution in [0.25, 0.3) is 22.3 Å². The molecule has 1 aromatic carbocycles. The van der Waals surface area contributed by atoms with Crippen LogP contribution in [0.1, 0.15) is 12.6 Å². The number of aryl methyl sites for hydroxylation is 1. The van der Waals surface area contributed by atoms with Crippen LogP contribution in [0.3, 0.4) is 0 Å². The molecule has 0 saturated carbocycles. The smallest absolute Gasteiger partial charge is 0.181 e. The number of hydrogen-bond donors (Lipinski definition) is 1. The zero-order chi connectivity index (χ0) is 13.9. The molecule has 0 saturated heterocycles. The first-order valence-corrected chi connectivity index (χ1v) is 6.71. The lowest BCUT2D eigenvalue weighted by molar-refractivity contribution is 1.00. The third-order valence-corrected chi connectivity index (χ3v) is 3.28. The molecule has 0 aliphatic carbocycles. The number of fused-ring (bicyclic) bond motifs is 1. The van der Waals surface area contributed by atoms with Crippen LogP contribution in [0.4, 0.5) is 5.82 Å². The maximum absolute atomic E-state index is 4.61. The van der Waals surface area contributed by atoms with Gasteiger partial charge < -0.3 is 5.32 Å². The number of pyridine rings is 1. The fourth-order valence-electron chi connectivity index (χ4n) is 2.21. The van der Waals surface area contributed by atoms with Crippen LogP contribution in [0.15, 0.2) is 42.6 Å². The largest absolute Gasteiger partial charge is 0.373 e. The van der Waals surface area contributed by atoms with E-state index in [2.05, 4.69) is 39.3 Å². The van der Waals surface area contributed by atoms with Crippen molar-refractivity contribution in [2.24, 2.45) is 0 Å². The highest BCUT2D eigenvalue weighted by molar-refractivity contribution is 5.92. The topological polar surface area (TPSA) is 50.7 Å². The van der Waals surface area contributed by atoms with Crippen molar-refractivity contribution in [2.75, 3.05) is 12.4 Å². The molecular formula is C16H16N4. The van der Waals surface area contributed by atoms with Crippen molar-refractivity contribution in [3.8, 4) is 11.5 Å².